The molecule has 0 aliphatic carbocycles. The van der Waals surface area contributed by atoms with Crippen molar-refractivity contribution in [1.82, 2.24) is 9.13 Å². The summed E-state index contributed by atoms with van der Waals surface area (Å²) in [6, 6.07) is 8.69. The molecule has 2 heterocycles. The zero-order valence-electron chi connectivity index (χ0n) is 15.6. The lowest BCUT2D eigenvalue weighted by atomic mass is 10.3. The van der Waals surface area contributed by atoms with Gasteiger partial charge in [0.2, 0.25) is 5.91 Å². The highest BCUT2D eigenvalue weighted by Gasteiger charge is 2.17. The van der Waals surface area contributed by atoms with Gasteiger partial charge in [-0.15, -0.1) is 11.3 Å². The monoisotopic (exact) mass is 403 g/mol. The Hall–Kier alpha value is -2.91. The van der Waals surface area contributed by atoms with Gasteiger partial charge in [-0.25, -0.2) is 4.79 Å². The van der Waals surface area contributed by atoms with Gasteiger partial charge in [0.15, 0.2) is 0 Å². The number of nitrogens with zero attached hydrogens (tertiary/aromatic N) is 2. The van der Waals surface area contributed by atoms with Crippen molar-refractivity contribution in [3.05, 3.63) is 56.5 Å². The molecule has 1 aromatic carbocycles. The van der Waals surface area contributed by atoms with Gasteiger partial charge >= 0.3 is 5.69 Å². The summed E-state index contributed by atoms with van der Waals surface area (Å²) >= 11 is 1.25. The smallest absolute Gasteiger partial charge is 0.332 e. The Morgan fingerprint density at radius 3 is 2.68 bits per heavy atom. The number of hydrogen-bond acceptors (Lipinski definition) is 6. The fourth-order valence-corrected chi connectivity index (χ4v) is 3.77. The van der Waals surface area contributed by atoms with Crippen LogP contribution in [0.3, 0.4) is 0 Å². The third-order valence-electron chi connectivity index (χ3n) is 4.25. The molecular weight excluding hydrogens is 382 g/mol. The van der Waals surface area contributed by atoms with Crippen LogP contribution >= 0.6 is 11.3 Å². The van der Waals surface area contributed by atoms with Crippen LogP contribution in [0.2, 0.25) is 0 Å². The summed E-state index contributed by atoms with van der Waals surface area (Å²) in [5.74, 6) is 0.134. The van der Waals surface area contributed by atoms with Gasteiger partial charge in [-0.1, -0.05) is 12.1 Å². The van der Waals surface area contributed by atoms with Crippen LogP contribution < -0.4 is 21.3 Å². The van der Waals surface area contributed by atoms with Gasteiger partial charge in [-0.05, 0) is 30.0 Å². The van der Waals surface area contributed by atoms with Crippen molar-refractivity contribution in [2.24, 2.45) is 0 Å². The number of aromatic nitrogens is 2. The quantitative estimate of drug-likeness (QED) is 0.580. The second-order valence-electron chi connectivity index (χ2n) is 6.06. The Kier molecular flexibility index (Phi) is 6.27. The molecule has 28 heavy (non-hydrogen) atoms. The average Bonchev–Trinajstić information content (AvgIpc) is 3.18. The molecule has 3 rings (SSSR count). The lowest BCUT2D eigenvalue weighted by Gasteiger charge is -2.13. The maximum Gasteiger partial charge on any atom is 0.332 e. The number of para-hydroxylation sites is 2. The van der Waals surface area contributed by atoms with E-state index in [0.717, 1.165) is 4.57 Å². The zero-order valence-corrected chi connectivity index (χ0v) is 16.5. The van der Waals surface area contributed by atoms with E-state index >= 15 is 0 Å². The topological polar surface area (TPSA) is 91.6 Å². The Morgan fingerprint density at radius 1 is 1.14 bits per heavy atom. The van der Waals surface area contributed by atoms with E-state index in [-0.39, 0.29) is 24.6 Å². The third kappa shape index (κ3) is 4.00. The van der Waals surface area contributed by atoms with E-state index in [1.165, 1.54) is 23.0 Å². The van der Waals surface area contributed by atoms with Gasteiger partial charge in [0, 0.05) is 20.3 Å². The SMILES string of the molecule is COCCCn1c(=O)c2sccc2n(CC(=O)Nc2ccccc2OC)c1=O. The molecule has 2 aromatic heterocycles. The van der Waals surface area contributed by atoms with Gasteiger partial charge in [-0.3, -0.25) is 18.7 Å². The minimum atomic E-state index is -0.512. The first-order valence-electron chi connectivity index (χ1n) is 8.69. The number of carbonyl (C=O) groups excluding carboxylic acids is 1. The molecule has 0 saturated heterocycles. The predicted molar refractivity (Wildman–Crippen MR) is 108 cm³/mol. The molecule has 0 unspecified atom stereocenters. The van der Waals surface area contributed by atoms with E-state index in [2.05, 4.69) is 5.32 Å². The molecule has 8 nitrogen and oxygen atoms in total. The summed E-state index contributed by atoms with van der Waals surface area (Å²) in [6.45, 7) is 0.449. The number of hydrogen-bond donors (Lipinski definition) is 1. The number of anilines is 1. The number of fused-ring (bicyclic) bond motifs is 1. The number of benzene rings is 1. The van der Waals surface area contributed by atoms with E-state index < -0.39 is 5.69 Å². The molecule has 3 aromatic rings. The molecule has 0 aliphatic heterocycles. The Bertz CT molecular complexity index is 1100. The second-order valence-corrected chi connectivity index (χ2v) is 6.97. The third-order valence-corrected chi connectivity index (χ3v) is 5.14. The molecular formula is C19H21N3O5S. The number of nitrogens with one attached hydrogen (secondary N) is 1. The largest absolute Gasteiger partial charge is 0.495 e. The number of rotatable bonds is 8. The fourth-order valence-electron chi connectivity index (χ4n) is 2.93. The van der Waals surface area contributed by atoms with Crippen LogP contribution in [0.15, 0.2) is 45.3 Å². The summed E-state index contributed by atoms with van der Waals surface area (Å²) in [6.07, 6.45) is 0.524. The first-order chi connectivity index (χ1) is 13.6. The molecule has 1 amide bonds. The Morgan fingerprint density at radius 2 is 1.93 bits per heavy atom. The van der Waals surface area contributed by atoms with Gasteiger partial charge in [0.05, 0.1) is 18.3 Å². The average molecular weight is 403 g/mol. The molecule has 0 bridgehead atoms. The minimum absolute atomic E-state index is 0.214. The predicted octanol–water partition coefficient (Wildman–Crippen LogP) is 1.91. The molecule has 0 saturated carbocycles. The molecule has 0 radical (unpaired) electrons. The number of ether oxygens (including phenoxy) is 2. The van der Waals surface area contributed by atoms with Crippen molar-refractivity contribution in [3.63, 3.8) is 0 Å². The lowest BCUT2D eigenvalue weighted by Crippen LogP contribution is -2.41. The number of amides is 1. The van der Waals surface area contributed by atoms with Crippen molar-refractivity contribution in [3.8, 4) is 5.75 Å². The molecule has 0 fully saturated rings. The standard InChI is InChI=1S/C19H21N3O5S/c1-26-10-5-9-21-18(24)17-14(8-11-28-17)22(19(21)25)12-16(23)20-13-6-3-4-7-15(13)27-2/h3-4,6-8,11H,5,9-10,12H2,1-2H3,(H,20,23). The van der Waals surface area contributed by atoms with Crippen LogP contribution in [0, 0.1) is 0 Å². The maximum absolute atomic E-state index is 12.9. The number of thiophene rings is 1. The van der Waals surface area contributed by atoms with Gasteiger partial charge in [0.1, 0.15) is 17.0 Å². The van der Waals surface area contributed by atoms with Gasteiger partial charge in [-0.2, -0.15) is 0 Å². The number of carbonyl (C=O) groups is 1. The van der Waals surface area contributed by atoms with Crippen molar-refractivity contribution in [2.75, 3.05) is 26.1 Å². The van der Waals surface area contributed by atoms with E-state index in [4.69, 9.17) is 9.47 Å². The van der Waals surface area contributed by atoms with E-state index in [1.54, 1.807) is 42.8 Å². The summed E-state index contributed by atoms with van der Waals surface area (Å²) in [5, 5.41) is 4.49. The highest BCUT2D eigenvalue weighted by molar-refractivity contribution is 7.17. The highest BCUT2D eigenvalue weighted by Crippen LogP contribution is 2.23. The molecule has 9 heteroatoms. The zero-order chi connectivity index (χ0) is 20.1. The van der Waals surface area contributed by atoms with Crippen LogP contribution in [0.5, 0.6) is 5.75 Å². The second kappa shape index (κ2) is 8.85. The summed E-state index contributed by atoms with van der Waals surface area (Å²) in [7, 11) is 3.08. The number of methoxy groups -OCH3 is 2. The molecule has 1 N–H and O–H groups in total. The fraction of sp³-hybridized carbons (Fsp3) is 0.316. The first kappa shape index (κ1) is 19.8. The maximum atomic E-state index is 12.9. The van der Waals surface area contributed by atoms with Crippen LogP contribution in [0.1, 0.15) is 6.42 Å². The van der Waals surface area contributed by atoms with Crippen molar-refractivity contribution >= 4 is 33.1 Å². The highest BCUT2D eigenvalue weighted by atomic mass is 32.1. The minimum Gasteiger partial charge on any atom is -0.495 e. The van der Waals surface area contributed by atoms with Crippen LogP contribution in [-0.4, -0.2) is 35.9 Å². The summed E-state index contributed by atoms with van der Waals surface area (Å²) in [5.41, 5.74) is 0.117. The summed E-state index contributed by atoms with van der Waals surface area (Å²) < 4.78 is 13.2. The van der Waals surface area contributed by atoms with Crippen molar-refractivity contribution < 1.29 is 14.3 Å². The first-order valence-corrected chi connectivity index (χ1v) is 9.57. The van der Waals surface area contributed by atoms with Crippen LogP contribution in [-0.2, 0) is 22.6 Å². The molecule has 0 aliphatic rings. The van der Waals surface area contributed by atoms with E-state index in [1.807, 2.05) is 0 Å². The molecule has 148 valence electrons. The lowest BCUT2D eigenvalue weighted by molar-refractivity contribution is -0.116. The van der Waals surface area contributed by atoms with Crippen molar-refractivity contribution in [2.45, 2.75) is 19.5 Å². The Balaban J connectivity index is 1.93. The van der Waals surface area contributed by atoms with Gasteiger partial charge in [0.25, 0.3) is 5.56 Å². The van der Waals surface area contributed by atoms with E-state index in [0.29, 0.717) is 34.7 Å². The van der Waals surface area contributed by atoms with Crippen LogP contribution in [0.25, 0.3) is 10.2 Å². The van der Waals surface area contributed by atoms with Gasteiger partial charge < -0.3 is 14.8 Å². The Labute approximate surface area is 164 Å². The summed E-state index contributed by atoms with van der Waals surface area (Å²) in [4.78, 5) is 38.1. The van der Waals surface area contributed by atoms with Crippen molar-refractivity contribution in [1.29, 1.82) is 0 Å². The van der Waals surface area contributed by atoms with E-state index in [9.17, 15) is 14.4 Å². The normalized spacial score (nSPS) is 10.9. The molecule has 0 atom stereocenters. The molecule has 0 spiro atoms. The van der Waals surface area contributed by atoms with Crippen LogP contribution in [0.4, 0.5) is 5.69 Å².